The molecule has 0 heterocycles. The average Bonchev–Trinajstić information content (AvgIpc) is 2.48. The van der Waals surface area contributed by atoms with Gasteiger partial charge in [-0.1, -0.05) is 43.3 Å². The molecule has 0 bridgehead atoms. The summed E-state index contributed by atoms with van der Waals surface area (Å²) in [5.74, 6) is -2.18. The van der Waals surface area contributed by atoms with E-state index in [1.54, 1.807) is 36.4 Å². The molecule has 1 atom stereocenters. The summed E-state index contributed by atoms with van der Waals surface area (Å²) in [7, 11) is 0. The highest BCUT2D eigenvalue weighted by Crippen LogP contribution is 2.21. The second-order valence-corrected chi connectivity index (χ2v) is 4.95. The van der Waals surface area contributed by atoms with Crippen molar-refractivity contribution < 1.29 is 19.1 Å². The summed E-state index contributed by atoms with van der Waals surface area (Å²) in [6.07, 6.45) is -0.0226. The van der Waals surface area contributed by atoms with E-state index in [-0.39, 0.29) is 18.0 Å². The smallest absolute Gasteiger partial charge is 0.306 e. The topological polar surface area (TPSA) is 54.4 Å². The normalized spacial score (nSPS) is 11.9. The summed E-state index contributed by atoms with van der Waals surface area (Å²) in [5, 5.41) is 8.81. The van der Waals surface area contributed by atoms with Gasteiger partial charge in [0.1, 0.15) is 5.82 Å². The molecule has 3 nitrogen and oxygen atoms in total. The Morgan fingerprint density at radius 3 is 1.95 bits per heavy atom. The monoisotopic (exact) mass is 286 g/mol. The molecule has 0 spiro atoms. The summed E-state index contributed by atoms with van der Waals surface area (Å²) < 4.78 is 12.9. The zero-order chi connectivity index (χ0) is 15.4. The Morgan fingerprint density at radius 2 is 1.48 bits per heavy atom. The maximum absolute atomic E-state index is 12.9. The highest BCUT2D eigenvalue weighted by Gasteiger charge is 2.16. The van der Waals surface area contributed by atoms with E-state index < -0.39 is 11.9 Å². The first-order chi connectivity index (χ1) is 9.97. The molecule has 21 heavy (non-hydrogen) atoms. The molecular weight excluding hydrogens is 271 g/mol. The van der Waals surface area contributed by atoms with Gasteiger partial charge < -0.3 is 5.11 Å². The number of carboxylic acid groups (broad SMARTS) is 1. The molecule has 2 rings (SSSR count). The number of hydrogen-bond donors (Lipinski definition) is 1. The number of aliphatic carboxylic acids is 1. The molecule has 0 saturated carbocycles. The van der Waals surface area contributed by atoms with Crippen LogP contribution in [-0.4, -0.2) is 16.9 Å². The van der Waals surface area contributed by atoms with E-state index in [0.29, 0.717) is 5.56 Å². The van der Waals surface area contributed by atoms with Gasteiger partial charge >= 0.3 is 5.97 Å². The lowest BCUT2D eigenvalue weighted by Crippen LogP contribution is -2.14. The summed E-state index contributed by atoms with van der Waals surface area (Å²) in [4.78, 5) is 22.7. The number of carbonyl (C=O) groups excluding carboxylic acids is 1. The molecule has 0 radical (unpaired) electrons. The van der Waals surface area contributed by atoms with E-state index >= 15 is 0 Å². The van der Waals surface area contributed by atoms with Gasteiger partial charge in [0.15, 0.2) is 5.78 Å². The van der Waals surface area contributed by atoms with Gasteiger partial charge in [-0.2, -0.15) is 0 Å². The number of hydrogen-bond acceptors (Lipinski definition) is 2. The maximum atomic E-state index is 12.9. The van der Waals surface area contributed by atoms with Crippen molar-refractivity contribution in [3.05, 3.63) is 59.9 Å². The lowest BCUT2D eigenvalue weighted by atomic mass is 9.97. The molecule has 0 aliphatic heterocycles. The summed E-state index contributed by atoms with van der Waals surface area (Å²) >= 11 is 0. The zero-order valence-corrected chi connectivity index (χ0v) is 11.5. The quantitative estimate of drug-likeness (QED) is 0.851. The van der Waals surface area contributed by atoms with Crippen LogP contribution in [0.1, 0.15) is 23.7 Å². The molecule has 108 valence electrons. The Kier molecular flexibility index (Phi) is 4.48. The molecule has 0 aromatic heterocycles. The number of carboxylic acids is 1. The standard InChI is InChI=1S/C17H15FO3/c1-11(17(20)21)10-16(19)14-4-2-12(3-5-14)13-6-8-15(18)9-7-13/h2-9,11H,10H2,1H3,(H,20,21). The fourth-order valence-corrected chi connectivity index (χ4v) is 1.97. The van der Waals surface area contributed by atoms with Gasteiger partial charge in [-0.3, -0.25) is 9.59 Å². The van der Waals surface area contributed by atoms with Crippen molar-refractivity contribution in [2.24, 2.45) is 5.92 Å². The largest absolute Gasteiger partial charge is 0.481 e. The van der Waals surface area contributed by atoms with Crippen LogP contribution in [0.2, 0.25) is 0 Å². The third-order valence-corrected chi connectivity index (χ3v) is 3.30. The predicted octanol–water partition coefficient (Wildman–Crippen LogP) is 3.79. The number of benzene rings is 2. The van der Waals surface area contributed by atoms with Crippen LogP contribution in [0.5, 0.6) is 0 Å². The molecule has 0 aliphatic rings. The number of Topliss-reactive ketones (excluding diaryl/α,β-unsaturated/α-hetero) is 1. The van der Waals surface area contributed by atoms with Gasteiger partial charge in [0, 0.05) is 12.0 Å². The van der Waals surface area contributed by atoms with Crippen molar-refractivity contribution in [1.29, 1.82) is 0 Å². The molecule has 1 N–H and O–H groups in total. The number of ketones is 1. The number of halogens is 1. The number of rotatable bonds is 5. The van der Waals surface area contributed by atoms with Crippen molar-refractivity contribution in [3.63, 3.8) is 0 Å². The van der Waals surface area contributed by atoms with Crippen LogP contribution in [-0.2, 0) is 4.79 Å². The van der Waals surface area contributed by atoms with Gasteiger partial charge in [0.05, 0.1) is 5.92 Å². The molecule has 2 aromatic carbocycles. The van der Waals surface area contributed by atoms with Gasteiger partial charge in [-0.15, -0.1) is 0 Å². The Hall–Kier alpha value is -2.49. The van der Waals surface area contributed by atoms with E-state index in [1.807, 2.05) is 0 Å². The first kappa shape index (κ1) is 14.9. The first-order valence-electron chi connectivity index (χ1n) is 6.59. The van der Waals surface area contributed by atoms with E-state index in [1.165, 1.54) is 19.1 Å². The Bertz CT molecular complexity index is 645. The molecule has 0 fully saturated rings. The highest BCUT2D eigenvalue weighted by molar-refractivity contribution is 5.98. The van der Waals surface area contributed by atoms with E-state index in [2.05, 4.69) is 0 Å². The lowest BCUT2D eigenvalue weighted by molar-refractivity contribution is -0.141. The maximum Gasteiger partial charge on any atom is 0.306 e. The van der Waals surface area contributed by atoms with Crippen LogP contribution < -0.4 is 0 Å². The Balaban J connectivity index is 2.13. The SMILES string of the molecule is CC(CC(=O)c1ccc(-c2ccc(F)cc2)cc1)C(=O)O. The van der Waals surface area contributed by atoms with Crippen molar-refractivity contribution in [1.82, 2.24) is 0 Å². The van der Waals surface area contributed by atoms with Gasteiger partial charge in [-0.05, 0) is 23.3 Å². The molecule has 1 unspecified atom stereocenters. The van der Waals surface area contributed by atoms with Crippen LogP contribution >= 0.6 is 0 Å². The van der Waals surface area contributed by atoms with Crippen molar-refractivity contribution in [2.75, 3.05) is 0 Å². The third-order valence-electron chi connectivity index (χ3n) is 3.30. The minimum atomic E-state index is -0.980. The van der Waals surface area contributed by atoms with Gasteiger partial charge in [-0.25, -0.2) is 4.39 Å². The van der Waals surface area contributed by atoms with Crippen molar-refractivity contribution in [3.8, 4) is 11.1 Å². The minimum absolute atomic E-state index is 0.0226. The van der Waals surface area contributed by atoms with Gasteiger partial charge in [0.2, 0.25) is 0 Å². The molecule has 0 amide bonds. The zero-order valence-electron chi connectivity index (χ0n) is 11.5. The van der Waals surface area contributed by atoms with E-state index in [0.717, 1.165) is 11.1 Å². The van der Waals surface area contributed by atoms with Crippen LogP contribution in [0.4, 0.5) is 4.39 Å². The average molecular weight is 286 g/mol. The fraction of sp³-hybridized carbons (Fsp3) is 0.176. The number of carbonyl (C=O) groups is 2. The summed E-state index contributed by atoms with van der Waals surface area (Å²) in [5.41, 5.74) is 2.21. The second kappa shape index (κ2) is 6.31. The third kappa shape index (κ3) is 3.75. The Labute approximate surface area is 122 Å². The molecule has 4 heteroatoms. The van der Waals surface area contributed by atoms with Crippen LogP contribution in [0.3, 0.4) is 0 Å². The van der Waals surface area contributed by atoms with Crippen molar-refractivity contribution in [2.45, 2.75) is 13.3 Å². The van der Waals surface area contributed by atoms with E-state index in [9.17, 15) is 14.0 Å². The lowest BCUT2D eigenvalue weighted by Gasteiger charge is -2.06. The summed E-state index contributed by atoms with van der Waals surface area (Å²) in [6.45, 7) is 1.51. The first-order valence-corrected chi connectivity index (χ1v) is 6.59. The summed E-state index contributed by atoms with van der Waals surface area (Å²) in [6, 6.07) is 13.0. The molecule has 0 saturated heterocycles. The van der Waals surface area contributed by atoms with Gasteiger partial charge in [0.25, 0.3) is 0 Å². The highest BCUT2D eigenvalue weighted by atomic mass is 19.1. The minimum Gasteiger partial charge on any atom is -0.481 e. The fourth-order valence-electron chi connectivity index (χ4n) is 1.97. The predicted molar refractivity (Wildman–Crippen MR) is 77.6 cm³/mol. The van der Waals surface area contributed by atoms with Crippen LogP contribution in [0.25, 0.3) is 11.1 Å². The van der Waals surface area contributed by atoms with Crippen LogP contribution in [0, 0.1) is 11.7 Å². The van der Waals surface area contributed by atoms with Crippen molar-refractivity contribution >= 4 is 11.8 Å². The second-order valence-electron chi connectivity index (χ2n) is 4.95. The molecule has 2 aromatic rings. The molecule has 0 aliphatic carbocycles. The van der Waals surface area contributed by atoms with E-state index in [4.69, 9.17) is 5.11 Å². The Morgan fingerprint density at radius 1 is 1.00 bits per heavy atom. The van der Waals surface area contributed by atoms with Crippen LogP contribution in [0.15, 0.2) is 48.5 Å². The molecular formula is C17H15FO3.